The van der Waals surface area contributed by atoms with Crippen molar-refractivity contribution >= 4 is 33.3 Å². The van der Waals surface area contributed by atoms with Gasteiger partial charge in [0.05, 0.1) is 11.5 Å². The van der Waals surface area contributed by atoms with Crippen LogP contribution in [0, 0.1) is 5.82 Å². The van der Waals surface area contributed by atoms with Crippen LogP contribution in [0.2, 0.25) is 0 Å². The zero-order valence-electron chi connectivity index (χ0n) is 10.4. The summed E-state index contributed by atoms with van der Waals surface area (Å²) >= 11 is 1.20. The number of amides is 1. The van der Waals surface area contributed by atoms with Gasteiger partial charge in [-0.25, -0.2) is 9.18 Å². The number of carbonyl (C=O) groups is 2. The Morgan fingerprint density at radius 1 is 1.40 bits per heavy atom. The van der Waals surface area contributed by atoms with Crippen molar-refractivity contribution in [3.63, 3.8) is 0 Å². The number of carbonyl (C=O) groups excluding carboxylic acids is 1. The lowest BCUT2D eigenvalue weighted by Crippen LogP contribution is -2.27. The molecule has 0 fully saturated rings. The fourth-order valence-corrected chi connectivity index (χ4v) is 2.61. The van der Waals surface area contributed by atoms with E-state index in [4.69, 9.17) is 9.84 Å². The molecule has 0 aliphatic carbocycles. The molecule has 2 N–H and O–H groups in total. The van der Waals surface area contributed by atoms with Crippen molar-refractivity contribution in [2.24, 2.45) is 0 Å². The van der Waals surface area contributed by atoms with Crippen LogP contribution < -0.4 is 5.32 Å². The summed E-state index contributed by atoms with van der Waals surface area (Å²) in [5, 5.41) is 11.4. The first-order valence-electron chi connectivity index (χ1n) is 5.83. The van der Waals surface area contributed by atoms with Crippen molar-refractivity contribution in [2.75, 3.05) is 19.8 Å². The van der Waals surface area contributed by atoms with Gasteiger partial charge in [-0.2, -0.15) is 0 Å². The number of benzene rings is 1. The van der Waals surface area contributed by atoms with Crippen LogP contribution in [0.5, 0.6) is 0 Å². The average Bonchev–Trinajstić information content (AvgIpc) is 2.83. The molecule has 0 radical (unpaired) electrons. The third-order valence-corrected chi connectivity index (χ3v) is 3.59. The average molecular weight is 297 g/mol. The number of carboxylic acids is 1. The van der Waals surface area contributed by atoms with E-state index in [0.29, 0.717) is 15.0 Å². The molecule has 0 aliphatic rings. The van der Waals surface area contributed by atoms with Crippen LogP contribution in [-0.4, -0.2) is 36.7 Å². The summed E-state index contributed by atoms with van der Waals surface area (Å²) in [5.74, 6) is -1.75. The Kier molecular flexibility index (Phi) is 4.65. The van der Waals surface area contributed by atoms with Crippen molar-refractivity contribution in [2.45, 2.75) is 0 Å². The Morgan fingerprint density at radius 3 is 2.90 bits per heavy atom. The van der Waals surface area contributed by atoms with E-state index in [1.54, 1.807) is 12.1 Å². The van der Waals surface area contributed by atoms with Gasteiger partial charge in [-0.3, -0.25) is 4.79 Å². The molecule has 1 amide bonds. The van der Waals surface area contributed by atoms with E-state index in [0.717, 1.165) is 0 Å². The van der Waals surface area contributed by atoms with Gasteiger partial charge < -0.3 is 15.2 Å². The first kappa shape index (κ1) is 14.4. The quantitative estimate of drug-likeness (QED) is 0.798. The summed E-state index contributed by atoms with van der Waals surface area (Å²) < 4.78 is 19.0. The number of aliphatic carboxylic acids is 1. The van der Waals surface area contributed by atoms with E-state index in [1.807, 2.05) is 0 Å². The molecule has 7 heteroatoms. The van der Waals surface area contributed by atoms with Crippen molar-refractivity contribution < 1.29 is 23.8 Å². The second kappa shape index (κ2) is 6.44. The number of thiophene rings is 1. The van der Waals surface area contributed by atoms with Crippen LogP contribution >= 0.6 is 11.3 Å². The minimum Gasteiger partial charge on any atom is -0.480 e. The minimum absolute atomic E-state index is 0.108. The molecule has 0 bridgehead atoms. The van der Waals surface area contributed by atoms with E-state index >= 15 is 0 Å². The van der Waals surface area contributed by atoms with Gasteiger partial charge in [-0.15, -0.1) is 11.3 Å². The van der Waals surface area contributed by atoms with Gasteiger partial charge in [0.2, 0.25) is 0 Å². The lowest BCUT2D eigenvalue weighted by Gasteiger charge is -2.03. The SMILES string of the molecule is O=C(O)COCCNC(=O)c1cc2c(F)cccc2s1. The third-order valence-electron chi connectivity index (χ3n) is 2.49. The fourth-order valence-electron chi connectivity index (χ4n) is 1.62. The standard InChI is InChI=1S/C13H12FNO4S/c14-9-2-1-3-10-8(9)6-11(20-10)13(18)15-4-5-19-7-12(16)17/h1-3,6H,4-5,7H2,(H,15,18)(H,16,17). The molecule has 20 heavy (non-hydrogen) atoms. The molecule has 0 atom stereocenters. The number of rotatable bonds is 6. The number of hydrogen-bond donors (Lipinski definition) is 2. The predicted octanol–water partition coefficient (Wildman–Crippen LogP) is 1.87. The smallest absolute Gasteiger partial charge is 0.329 e. The summed E-state index contributed by atoms with van der Waals surface area (Å²) in [6.07, 6.45) is 0. The number of halogens is 1. The van der Waals surface area contributed by atoms with Crippen LogP contribution in [-0.2, 0) is 9.53 Å². The lowest BCUT2D eigenvalue weighted by molar-refractivity contribution is -0.142. The summed E-state index contributed by atoms with van der Waals surface area (Å²) in [6.45, 7) is -0.0931. The van der Waals surface area contributed by atoms with Gasteiger partial charge in [-0.05, 0) is 18.2 Å². The highest BCUT2D eigenvalue weighted by molar-refractivity contribution is 7.20. The normalized spacial score (nSPS) is 10.7. The Hall–Kier alpha value is -1.99. The van der Waals surface area contributed by atoms with Gasteiger partial charge >= 0.3 is 5.97 Å². The second-order valence-corrected chi connectivity index (χ2v) is 5.05. The molecule has 0 saturated heterocycles. The highest BCUT2D eigenvalue weighted by Crippen LogP contribution is 2.27. The van der Waals surface area contributed by atoms with E-state index in [9.17, 15) is 14.0 Å². The fraction of sp³-hybridized carbons (Fsp3) is 0.231. The number of carboxylic acid groups (broad SMARTS) is 1. The summed E-state index contributed by atoms with van der Waals surface area (Å²) in [6, 6.07) is 6.19. The molecule has 2 rings (SSSR count). The predicted molar refractivity (Wildman–Crippen MR) is 72.6 cm³/mol. The third kappa shape index (κ3) is 3.52. The lowest BCUT2D eigenvalue weighted by atomic mass is 10.2. The number of fused-ring (bicyclic) bond motifs is 1. The van der Waals surface area contributed by atoms with E-state index < -0.39 is 12.6 Å². The molecule has 5 nitrogen and oxygen atoms in total. The molecule has 1 aromatic heterocycles. The van der Waals surface area contributed by atoms with Crippen LogP contribution in [0.25, 0.3) is 10.1 Å². The van der Waals surface area contributed by atoms with Gasteiger partial charge in [0.1, 0.15) is 12.4 Å². The second-order valence-electron chi connectivity index (χ2n) is 3.96. The topological polar surface area (TPSA) is 75.6 Å². The van der Waals surface area contributed by atoms with Crippen LogP contribution in [0.15, 0.2) is 24.3 Å². The van der Waals surface area contributed by atoms with E-state index in [-0.39, 0.29) is 24.9 Å². The Morgan fingerprint density at radius 2 is 2.20 bits per heavy atom. The molecule has 0 saturated carbocycles. The Bertz CT molecular complexity index is 640. The molecular formula is C13H12FNO4S. The van der Waals surface area contributed by atoms with E-state index in [2.05, 4.69) is 5.32 Å². The molecule has 0 unspecified atom stereocenters. The summed E-state index contributed by atoms with van der Waals surface area (Å²) in [4.78, 5) is 22.4. The van der Waals surface area contributed by atoms with Crippen molar-refractivity contribution in [3.8, 4) is 0 Å². The molecule has 0 spiro atoms. The Labute approximate surface area is 118 Å². The largest absolute Gasteiger partial charge is 0.480 e. The monoisotopic (exact) mass is 297 g/mol. The molecule has 1 aromatic carbocycles. The maximum atomic E-state index is 13.5. The molecule has 1 heterocycles. The van der Waals surface area contributed by atoms with Gasteiger partial charge in [-0.1, -0.05) is 6.07 Å². The maximum absolute atomic E-state index is 13.5. The molecule has 2 aromatic rings. The van der Waals surface area contributed by atoms with Crippen molar-refractivity contribution in [1.29, 1.82) is 0 Å². The van der Waals surface area contributed by atoms with Gasteiger partial charge in [0.15, 0.2) is 0 Å². The number of hydrogen-bond acceptors (Lipinski definition) is 4. The first-order chi connectivity index (χ1) is 9.58. The van der Waals surface area contributed by atoms with Crippen LogP contribution in [0.4, 0.5) is 4.39 Å². The molecule has 0 aliphatic heterocycles. The van der Waals surface area contributed by atoms with Gasteiger partial charge in [0.25, 0.3) is 5.91 Å². The van der Waals surface area contributed by atoms with Crippen molar-refractivity contribution in [1.82, 2.24) is 5.32 Å². The summed E-state index contributed by atoms with van der Waals surface area (Å²) in [5.41, 5.74) is 0. The summed E-state index contributed by atoms with van der Waals surface area (Å²) in [7, 11) is 0. The highest BCUT2D eigenvalue weighted by Gasteiger charge is 2.11. The van der Waals surface area contributed by atoms with Crippen molar-refractivity contribution in [3.05, 3.63) is 35.0 Å². The zero-order valence-corrected chi connectivity index (χ0v) is 11.2. The molecular weight excluding hydrogens is 285 g/mol. The van der Waals surface area contributed by atoms with Crippen LogP contribution in [0.1, 0.15) is 9.67 Å². The maximum Gasteiger partial charge on any atom is 0.329 e. The molecule has 106 valence electrons. The highest BCUT2D eigenvalue weighted by atomic mass is 32.1. The first-order valence-corrected chi connectivity index (χ1v) is 6.65. The Balaban J connectivity index is 1.91. The number of nitrogens with one attached hydrogen (secondary N) is 1. The van der Waals surface area contributed by atoms with Crippen LogP contribution in [0.3, 0.4) is 0 Å². The zero-order chi connectivity index (χ0) is 14.5. The van der Waals surface area contributed by atoms with Gasteiger partial charge in [0, 0.05) is 16.6 Å². The minimum atomic E-state index is -1.06. The van der Waals surface area contributed by atoms with E-state index in [1.165, 1.54) is 23.5 Å². The number of ether oxygens (including phenoxy) is 1.